The highest BCUT2D eigenvalue weighted by atomic mass is 19.3. The third kappa shape index (κ3) is 4.16. The zero-order valence-electron chi connectivity index (χ0n) is 12.7. The lowest BCUT2D eigenvalue weighted by atomic mass is 10.00. The molecule has 0 bridgehead atoms. The molecule has 7 nitrogen and oxygen atoms in total. The van der Waals surface area contributed by atoms with Crippen molar-refractivity contribution in [3.63, 3.8) is 0 Å². The predicted octanol–water partition coefficient (Wildman–Crippen LogP) is 2.37. The second-order valence-electron chi connectivity index (χ2n) is 5.06. The van der Waals surface area contributed by atoms with Crippen LogP contribution in [-0.4, -0.2) is 10.8 Å². The number of nitrogens with one attached hydrogen (secondary N) is 2. The van der Waals surface area contributed by atoms with E-state index in [1.165, 1.54) is 0 Å². The Bertz CT molecular complexity index is 677. The largest absolute Gasteiger partial charge is 0.431 e. The van der Waals surface area contributed by atoms with Gasteiger partial charge in [-0.15, -0.1) is 0 Å². The van der Waals surface area contributed by atoms with Crippen molar-refractivity contribution < 1.29 is 13.2 Å². The van der Waals surface area contributed by atoms with Crippen molar-refractivity contribution in [2.75, 3.05) is 5.32 Å². The molecule has 1 heterocycles. The molecule has 0 amide bonds. The number of nitrogens with zero attached hydrogens (tertiary/aromatic N) is 2. The van der Waals surface area contributed by atoms with E-state index in [0.29, 0.717) is 11.5 Å². The molecule has 0 aliphatic carbocycles. The summed E-state index contributed by atoms with van der Waals surface area (Å²) in [6.07, 6.45) is 0.926. The van der Waals surface area contributed by atoms with E-state index < -0.39 is 11.6 Å². The number of hydrazone groups is 1. The minimum atomic E-state index is -3.05. The summed E-state index contributed by atoms with van der Waals surface area (Å²) in [7, 11) is 0. The first-order valence-corrected chi connectivity index (χ1v) is 6.80. The summed E-state index contributed by atoms with van der Waals surface area (Å²) < 4.78 is 31.2. The first-order chi connectivity index (χ1) is 10.8. The van der Waals surface area contributed by atoms with Crippen LogP contribution in [-0.2, 0) is 5.92 Å². The van der Waals surface area contributed by atoms with Gasteiger partial charge in [-0.2, -0.15) is 18.9 Å². The van der Waals surface area contributed by atoms with Gasteiger partial charge in [0.1, 0.15) is 17.8 Å². The van der Waals surface area contributed by atoms with Crippen LogP contribution < -0.4 is 22.4 Å². The van der Waals surface area contributed by atoms with E-state index in [-0.39, 0.29) is 11.9 Å². The molecule has 1 aromatic heterocycles. The number of aromatic nitrogens is 1. The third-order valence-electron chi connectivity index (χ3n) is 3.25. The number of amidine groups is 1. The van der Waals surface area contributed by atoms with Crippen molar-refractivity contribution in [2.45, 2.75) is 25.7 Å². The number of nitrogens with two attached hydrogens (primary N) is 2. The van der Waals surface area contributed by atoms with Gasteiger partial charge in [0, 0.05) is 18.5 Å². The van der Waals surface area contributed by atoms with Gasteiger partial charge in [-0.25, -0.2) is 11.4 Å². The Balaban J connectivity index is 2.08. The minimum Gasteiger partial charge on any atom is -0.431 e. The molecule has 23 heavy (non-hydrogen) atoms. The van der Waals surface area contributed by atoms with Gasteiger partial charge in [0.15, 0.2) is 0 Å². The molecule has 0 aliphatic heterocycles. The van der Waals surface area contributed by atoms with Crippen LogP contribution in [0.1, 0.15) is 31.0 Å². The first-order valence-electron chi connectivity index (χ1n) is 6.80. The van der Waals surface area contributed by atoms with E-state index >= 15 is 0 Å². The zero-order valence-corrected chi connectivity index (χ0v) is 12.7. The topological polar surface area (TPSA) is 114 Å². The van der Waals surface area contributed by atoms with Crippen LogP contribution >= 0.6 is 0 Å². The number of alkyl halides is 2. The molecule has 1 aromatic carbocycles. The Hall–Kier alpha value is -2.68. The van der Waals surface area contributed by atoms with Crippen molar-refractivity contribution in [3.05, 3.63) is 41.8 Å². The number of halogens is 2. The summed E-state index contributed by atoms with van der Waals surface area (Å²) in [6.45, 7) is 2.63. The maximum atomic E-state index is 13.1. The molecule has 0 saturated heterocycles. The number of rotatable bonds is 6. The van der Waals surface area contributed by atoms with E-state index in [1.54, 1.807) is 12.1 Å². The van der Waals surface area contributed by atoms with Crippen molar-refractivity contribution in [1.29, 1.82) is 0 Å². The summed E-state index contributed by atoms with van der Waals surface area (Å²) in [4.78, 5) is 3.70. The number of hydrazine groups is 1. The summed E-state index contributed by atoms with van der Waals surface area (Å²) in [6, 6.07) is 7.15. The van der Waals surface area contributed by atoms with Crippen LogP contribution in [0.4, 0.5) is 20.5 Å². The van der Waals surface area contributed by atoms with Crippen molar-refractivity contribution in [3.8, 4) is 0 Å². The number of hydrogen-bond acceptors (Lipinski definition) is 6. The maximum absolute atomic E-state index is 13.1. The molecule has 1 atom stereocenters. The lowest BCUT2D eigenvalue weighted by Gasteiger charge is -2.12. The van der Waals surface area contributed by atoms with Gasteiger partial charge in [-0.3, -0.25) is 0 Å². The van der Waals surface area contributed by atoms with Crippen LogP contribution in [0.3, 0.4) is 0 Å². The molecule has 6 N–H and O–H groups in total. The quantitative estimate of drug-likeness (QED) is 0.281. The number of hydrogen-bond donors (Lipinski definition) is 4. The Labute approximate surface area is 131 Å². The fraction of sp³-hybridized carbons (Fsp3) is 0.286. The molecule has 0 spiro atoms. The Kier molecular flexibility index (Phi) is 4.80. The standard InChI is InChI=1S/C14H18F2N6O/c1-8(12(17)21-22-18)9-3-5-10(6-4-9)19-13-20-11(7-23-13)14(2,15)16/h3-8,22H,18H2,1-2H3,(H2,17,21)(H,19,20)/t8-/m1/s1. The van der Waals surface area contributed by atoms with Gasteiger partial charge >= 0.3 is 0 Å². The average Bonchev–Trinajstić information content (AvgIpc) is 2.96. The van der Waals surface area contributed by atoms with E-state index in [9.17, 15) is 8.78 Å². The second kappa shape index (κ2) is 6.61. The van der Waals surface area contributed by atoms with Crippen LogP contribution in [0.2, 0.25) is 0 Å². The number of anilines is 2. The molecule has 0 aliphatic rings. The molecule has 9 heteroatoms. The van der Waals surface area contributed by atoms with Crippen molar-refractivity contribution in [1.82, 2.24) is 10.5 Å². The van der Waals surface area contributed by atoms with Gasteiger partial charge in [0.25, 0.3) is 11.9 Å². The van der Waals surface area contributed by atoms with E-state index in [4.69, 9.17) is 16.0 Å². The van der Waals surface area contributed by atoms with E-state index in [2.05, 4.69) is 20.9 Å². The summed E-state index contributed by atoms with van der Waals surface area (Å²) in [5.74, 6) is 2.26. The van der Waals surface area contributed by atoms with Crippen LogP contribution in [0.15, 0.2) is 40.0 Å². The van der Waals surface area contributed by atoms with Gasteiger partial charge in [0.2, 0.25) is 0 Å². The van der Waals surface area contributed by atoms with E-state index in [0.717, 1.165) is 18.8 Å². The molecule has 0 radical (unpaired) electrons. The summed E-state index contributed by atoms with van der Waals surface area (Å²) in [5, 5.41) is 6.54. The van der Waals surface area contributed by atoms with E-state index in [1.807, 2.05) is 19.1 Å². The maximum Gasteiger partial charge on any atom is 0.299 e. The van der Waals surface area contributed by atoms with Gasteiger partial charge < -0.3 is 15.5 Å². The molecule has 124 valence electrons. The molecule has 2 rings (SSSR count). The average molecular weight is 324 g/mol. The highest BCUT2D eigenvalue weighted by Crippen LogP contribution is 2.28. The normalized spacial score (nSPS) is 13.7. The lowest BCUT2D eigenvalue weighted by Crippen LogP contribution is -2.26. The Morgan fingerprint density at radius 2 is 2.00 bits per heavy atom. The molecule has 0 saturated carbocycles. The van der Waals surface area contributed by atoms with Crippen LogP contribution in [0, 0.1) is 0 Å². The fourth-order valence-electron chi connectivity index (χ4n) is 1.85. The molecular formula is C14H18F2N6O. The van der Waals surface area contributed by atoms with Crippen molar-refractivity contribution in [2.24, 2.45) is 16.7 Å². The second-order valence-corrected chi connectivity index (χ2v) is 5.06. The molecule has 0 fully saturated rings. The summed E-state index contributed by atoms with van der Waals surface area (Å²) in [5.41, 5.74) is 9.04. The minimum absolute atomic E-state index is 0.00395. The first kappa shape index (κ1) is 16.7. The van der Waals surface area contributed by atoms with Gasteiger partial charge in [0.05, 0.1) is 0 Å². The summed E-state index contributed by atoms with van der Waals surface area (Å²) >= 11 is 0. The molecule has 2 aromatic rings. The monoisotopic (exact) mass is 324 g/mol. The molecule has 0 unspecified atom stereocenters. The Morgan fingerprint density at radius 3 is 2.52 bits per heavy atom. The smallest absolute Gasteiger partial charge is 0.299 e. The molecular weight excluding hydrogens is 306 g/mol. The van der Waals surface area contributed by atoms with Crippen molar-refractivity contribution >= 4 is 17.5 Å². The van der Waals surface area contributed by atoms with Gasteiger partial charge in [-0.1, -0.05) is 19.1 Å². The zero-order chi connectivity index (χ0) is 17.0. The fourth-order valence-corrected chi connectivity index (χ4v) is 1.85. The lowest BCUT2D eigenvalue weighted by molar-refractivity contribution is 0.0127. The number of oxazole rings is 1. The Morgan fingerprint density at radius 1 is 1.35 bits per heavy atom. The third-order valence-corrected chi connectivity index (χ3v) is 3.25. The van der Waals surface area contributed by atoms with Gasteiger partial charge in [-0.05, 0) is 17.7 Å². The number of benzene rings is 1. The predicted molar refractivity (Wildman–Crippen MR) is 83.2 cm³/mol. The van der Waals surface area contributed by atoms with Crippen LogP contribution in [0.25, 0.3) is 0 Å². The van der Waals surface area contributed by atoms with Crippen LogP contribution in [0.5, 0.6) is 0 Å². The SMILES string of the molecule is C[C@@H](/C(N)=N\NN)c1ccc(Nc2nc(C(C)(F)F)co2)cc1. The highest BCUT2D eigenvalue weighted by Gasteiger charge is 2.28. The highest BCUT2D eigenvalue weighted by molar-refractivity contribution is 5.86.